The normalized spacial score (nSPS) is 29.8. The molecule has 1 aromatic carbocycles. The van der Waals surface area contributed by atoms with E-state index in [1.165, 1.54) is 0 Å². The summed E-state index contributed by atoms with van der Waals surface area (Å²) in [7, 11) is 3.69. The van der Waals surface area contributed by atoms with Crippen molar-refractivity contribution in [1.82, 2.24) is 40.4 Å². The van der Waals surface area contributed by atoms with Crippen molar-refractivity contribution >= 4 is 35.3 Å². The first-order chi connectivity index (χ1) is 30.5. The first kappa shape index (κ1) is 45.5. The van der Waals surface area contributed by atoms with Gasteiger partial charge in [0.1, 0.15) is 6.04 Å². The van der Waals surface area contributed by atoms with Gasteiger partial charge >= 0.3 is 6.03 Å². The fourth-order valence-corrected chi connectivity index (χ4v) is 11.8. The minimum Gasteiger partial charge on any atom is -0.385 e. The molecule has 7 unspecified atom stereocenters. The lowest BCUT2D eigenvalue weighted by molar-refractivity contribution is -0.442. The molecule has 6 aliphatic heterocycles. The number of benzene rings is 1. The van der Waals surface area contributed by atoms with Gasteiger partial charge in [-0.1, -0.05) is 31.6 Å². The molecule has 6 heterocycles. The van der Waals surface area contributed by atoms with Gasteiger partial charge in [-0.15, -0.1) is 0 Å². The molecule has 8 rings (SSSR count). The summed E-state index contributed by atoms with van der Waals surface area (Å²) in [5.41, 5.74) is 10.2. The summed E-state index contributed by atoms with van der Waals surface area (Å²) in [5.74, 6) is -3.03. The summed E-state index contributed by atoms with van der Waals surface area (Å²) in [6.45, 7) is 9.47. The first-order valence-corrected chi connectivity index (χ1v) is 23.0. The average molecular weight is 892 g/mol. The number of hydrogen-bond donors (Lipinski definition) is 6. The van der Waals surface area contributed by atoms with E-state index >= 15 is 8.78 Å². The van der Waals surface area contributed by atoms with Gasteiger partial charge in [0.25, 0.3) is 5.91 Å². The van der Waals surface area contributed by atoms with Gasteiger partial charge in [-0.25, -0.2) is 13.6 Å². The molecular weight excluding hydrogens is 827 g/mol. The summed E-state index contributed by atoms with van der Waals surface area (Å²) in [5, 5.41) is 23.2. The van der Waals surface area contributed by atoms with Crippen LogP contribution in [-0.4, -0.2) is 150 Å². The molecule has 0 radical (unpaired) electrons. The summed E-state index contributed by atoms with van der Waals surface area (Å²) in [4.78, 5) is 73.5. The van der Waals surface area contributed by atoms with Gasteiger partial charge in [-0.3, -0.25) is 29.4 Å². The highest BCUT2D eigenvalue weighted by molar-refractivity contribution is 6.06. The van der Waals surface area contributed by atoms with Gasteiger partial charge in [-0.2, -0.15) is 0 Å². The van der Waals surface area contributed by atoms with Crippen molar-refractivity contribution in [2.24, 2.45) is 17.3 Å². The summed E-state index contributed by atoms with van der Waals surface area (Å²) in [6.07, 6.45) is 2.39. The Labute approximate surface area is 373 Å². The number of carbonyl (C=O) groups is 5. The van der Waals surface area contributed by atoms with Crippen LogP contribution in [0.4, 0.5) is 19.3 Å². The van der Waals surface area contributed by atoms with Crippen LogP contribution in [0.2, 0.25) is 0 Å². The van der Waals surface area contributed by atoms with Crippen molar-refractivity contribution in [3.63, 3.8) is 0 Å². The van der Waals surface area contributed by atoms with E-state index in [0.29, 0.717) is 63.7 Å². The lowest BCUT2D eigenvalue weighted by atomic mass is 9.65. The van der Waals surface area contributed by atoms with Gasteiger partial charge in [-0.05, 0) is 70.2 Å². The number of urea groups is 1. The van der Waals surface area contributed by atoms with Crippen molar-refractivity contribution < 1.29 is 43.6 Å². The molecule has 1 aromatic rings. The van der Waals surface area contributed by atoms with Gasteiger partial charge in [0.15, 0.2) is 12.4 Å². The number of nitrogens with zero attached hydrogens (tertiary/aromatic N) is 5. The number of aliphatic hydroxyl groups excluding tert-OH is 1. The van der Waals surface area contributed by atoms with Gasteiger partial charge < -0.3 is 46.4 Å². The summed E-state index contributed by atoms with van der Waals surface area (Å²) in [6, 6.07) is 4.08. The fourth-order valence-electron chi connectivity index (χ4n) is 11.8. The number of imide groups is 1. The van der Waals surface area contributed by atoms with E-state index in [4.69, 9.17) is 5.73 Å². The van der Waals surface area contributed by atoms with Crippen molar-refractivity contribution in [2.75, 3.05) is 65.2 Å². The molecule has 0 aromatic heterocycles. The number of halogens is 2. The summed E-state index contributed by atoms with van der Waals surface area (Å²) >= 11 is 0. The van der Waals surface area contributed by atoms with Gasteiger partial charge in [0.2, 0.25) is 24.1 Å². The maximum atomic E-state index is 15.3. The Morgan fingerprint density at radius 3 is 2.45 bits per heavy atom. The zero-order chi connectivity index (χ0) is 45.8. The van der Waals surface area contributed by atoms with E-state index in [9.17, 15) is 29.1 Å². The van der Waals surface area contributed by atoms with Crippen LogP contribution >= 0.6 is 0 Å². The third-order valence-corrected chi connectivity index (χ3v) is 15.2. The third kappa shape index (κ3) is 8.36. The molecule has 0 spiro atoms. The van der Waals surface area contributed by atoms with Crippen LogP contribution in [0.1, 0.15) is 94.3 Å². The molecule has 7 atom stereocenters. The highest BCUT2D eigenvalue weighted by Crippen LogP contribution is 2.52. The lowest BCUT2D eigenvalue weighted by Gasteiger charge is -2.47. The van der Waals surface area contributed by atoms with Crippen molar-refractivity contribution in [2.45, 2.75) is 109 Å². The number of likely N-dealkylation sites (tertiary alicyclic amines) is 2. The Bertz CT molecular complexity index is 2140. The number of aliphatic hydroxyl groups is 1. The van der Waals surface area contributed by atoms with E-state index < -0.39 is 54.4 Å². The molecule has 348 valence electrons. The molecule has 3 fully saturated rings. The lowest BCUT2D eigenvalue weighted by Crippen LogP contribution is -2.72. The van der Waals surface area contributed by atoms with Crippen molar-refractivity contribution in [1.29, 1.82) is 0 Å². The van der Waals surface area contributed by atoms with Crippen LogP contribution in [0.3, 0.4) is 0 Å². The second-order valence-electron chi connectivity index (χ2n) is 19.2. The number of nitrogens with one attached hydrogen (secondary N) is 4. The molecule has 0 saturated carbocycles. The molecule has 18 heteroatoms. The number of piperidine rings is 2. The predicted octanol–water partition coefficient (Wildman–Crippen LogP) is 2.34. The minimum atomic E-state index is -2.51. The van der Waals surface area contributed by atoms with Crippen LogP contribution in [0, 0.1) is 17.3 Å². The minimum absolute atomic E-state index is 0.0451. The molecule has 6 amide bonds. The molecule has 0 bridgehead atoms. The van der Waals surface area contributed by atoms with Crippen LogP contribution < -0.4 is 27.0 Å². The Morgan fingerprint density at radius 1 is 1.03 bits per heavy atom. The molecule has 8 N–H and O–H groups in total. The molecule has 16 nitrogen and oxygen atoms in total. The second-order valence-corrected chi connectivity index (χ2v) is 19.2. The molecular formula is C46H65F2N10O6+. The third-order valence-electron chi connectivity index (χ3n) is 15.2. The molecule has 64 heavy (non-hydrogen) atoms. The number of fused-ring (bicyclic) bond motifs is 1. The van der Waals surface area contributed by atoms with E-state index in [-0.39, 0.29) is 53.9 Å². The maximum absolute atomic E-state index is 15.3. The van der Waals surface area contributed by atoms with Gasteiger partial charge in [0.05, 0.1) is 13.1 Å². The monoisotopic (exact) mass is 892 g/mol. The zero-order valence-electron chi connectivity index (χ0n) is 37.7. The maximum Gasteiger partial charge on any atom is 0.317 e. The quantitative estimate of drug-likeness (QED) is 0.190. The number of amides is 6. The smallest absolute Gasteiger partial charge is 0.317 e. The topological polar surface area (TPSA) is 198 Å². The fraction of sp³-hybridized carbons (Fsp3) is 0.630. The zero-order valence-corrected chi connectivity index (χ0v) is 37.7. The van der Waals surface area contributed by atoms with Crippen LogP contribution in [0.15, 0.2) is 52.4 Å². The van der Waals surface area contributed by atoms with Gasteiger partial charge in [0, 0.05) is 116 Å². The van der Waals surface area contributed by atoms with Crippen molar-refractivity contribution in [3.05, 3.63) is 63.5 Å². The predicted molar refractivity (Wildman–Crippen MR) is 234 cm³/mol. The highest BCUT2D eigenvalue weighted by Gasteiger charge is 2.50. The molecule has 3 saturated heterocycles. The molecule has 7 aliphatic rings. The Balaban J connectivity index is 0.950. The number of quaternary nitrogens is 1. The Morgan fingerprint density at radius 2 is 1.78 bits per heavy atom. The number of rotatable bonds is 10. The number of alkyl halides is 2. The van der Waals surface area contributed by atoms with E-state index in [0.717, 1.165) is 58.8 Å². The summed E-state index contributed by atoms with van der Waals surface area (Å²) < 4.78 is 30.6. The second kappa shape index (κ2) is 18.1. The van der Waals surface area contributed by atoms with Crippen molar-refractivity contribution in [3.8, 4) is 0 Å². The SMILES string of the molecule is CNC(=O)N1CCC(NC2CCN(C(=O)CNc3cccc4c3C(O)N(C3CCC(=O)NC3=O)C4=O)CC2)=C(C([NH3+])N2CCCC3=C2C(C)C(C(F)F)C(C2(C)CC(C)N(C)C2)=C3)C1. The number of allylic oxidation sites excluding steroid dienone is 3. The first-order valence-electron chi connectivity index (χ1n) is 23.0. The Kier molecular flexibility index (Phi) is 12.8. The van der Waals surface area contributed by atoms with E-state index in [1.54, 1.807) is 35.0 Å². The Hall–Kier alpha value is -5.07. The van der Waals surface area contributed by atoms with Crippen LogP contribution in [0.5, 0.6) is 0 Å². The highest BCUT2D eigenvalue weighted by atomic mass is 19.3. The standard InChI is InChI=1S/C46H64F2N10O6/c1-25-21-46(3,24-54(25)5)31-20-27-8-7-16-57(39(27)26(2)37(31)40(47)48)41(49)30-23-56(45(64)50-4)19-15-32(30)52-28-13-17-55(18-14-28)36(60)22-51-33-10-6-9-29-38(33)44(63)58(43(29)62)34-11-12-35(59)53-42(34)61/h6,9-10,20,25-26,28,34,37,40-41,44,51-52,63H,7-8,11-19,21-24,49H2,1-5H3,(H,50,64)(H,53,59,61)/p+1. The number of anilines is 1. The largest absolute Gasteiger partial charge is 0.385 e. The number of carbonyl (C=O) groups excluding carboxylic acids is 5. The number of hydrogen-bond acceptors (Lipinski definition) is 10. The molecule has 1 aliphatic carbocycles. The van der Waals surface area contributed by atoms with Crippen LogP contribution in [0.25, 0.3) is 0 Å². The average Bonchev–Trinajstić information content (AvgIpc) is 3.70. The van der Waals surface area contributed by atoms with E-state index in [2.05, 4.69) is 58.0 Å². The van der Waals surface area contributed by atoms with Crippen LogP contribution in [-0.2, 0) is 14.4 Å². The van der Waals surface area contributed by atoms with E-state index in [1.807, 2.05) is 6.92 Å².